The van der Waals surface area contributed by atoms with Gasteiger partial charge in [0.25, 0.3) is 0 Å². The fourth-order valence-electron chi connectivity index (χ4n) is 2.21. The molecule has 0 saturated carbocycles. The Balaban J connectivity index is 2.95. The maximum absolute atomic E-state index is 12.5. The molecule has 1 N–H and O–H groups in total. The number of nitrogens with zero attached hydrogens (tertiary/aromatic N) is 2. The quantitative estimate of drug-likeness (QED) is 0.513. The molecule has 0 bridgehead atoms. The number of hydrogen-bond donors (Lipinski definition) is 1. The molecule has 1 atom stereocenters. The Morgan fingerprint density at radius 1 is 1.31 bits per heavy atom. The third kappa shape index (κ3) is 4.97. The van der Waals surface area contributed by atoms with Crippen LogP contribution in [0.4, 0.5) is 0 Å². The molecule has 0 aliphatic rings. The Morgan fingerprint density at radius 2 is 1.92 bits per heavy atom. The molecule has 0 saturated heterocycles. The molecule has 1 aromatic carbocycles. The zero-order valence-corrected chi connectivity index (χ0v) is 15.7. The van der Waals surface area contributed by atoms with Crippen molar-refractivity contribution in [3.63, 3.8) is 0 Å². The van der Waals surface area contributed by atoms with Crippen LogP contribution < -0.4 is 0 Å². The van der Waals surface area contributed by atoms with E-state index < -0.39 is 34.3 Å². The second-order valence-corrected chi connectivity index (χ2v) is 7.34. The number of esters is 1. The van der Waals surface area contributed by atoms with Crippen LogP contribution in [-0.4, -0.2) is 49.9 Å². The maximum atomic E-state index is 12.5. The van der Waals surface area contributed by atoms with Crippen LogP contribution in [-0.2, 0) is 19.6 Å². The molecular weight excluding hydrogens is 358 g/mol. The van der Waals surface area contributed by atoms with Crippen LogP contribution >= 0.6 is 0 Å². The first-order chi connectivity index (χ1) is 12.2. The largest absolute Gasteiger partial charge is 0.454 e. The summed E-state index contributed by atoms with van der Waals surface area (Å²) in [6.45, 7) is 4.65. The molecule has 140 valence electrons. The van der Waals surface area contributed by atoms with Gasteiger partial charge in [-0.05, 0) is 25.1 Å². The van der Waals surface area contributed by atoms with Crippen molar-refractivity contribution < 1.29 is 22.7 Å². The van der Waals surface area contributed by atoms with Gasteiger partial charge in [-0.15, -0.1) is 0 Å². The van der Waals surface area contributed by atoms with Crippen LogP contribution in [0.5, 0.6) is 0 Å². The Labute approximate surface area is 152 Å². The molecular formula is C17H21N3O5S. The molecule has 1 rings (SSSR count). The van der Waals surface area contributed by atoms with Crippen LogP contribution in [0.2, 0.25) is 0 Å². The summed E-state index contributed by atoms with van der Waals surface area (Å²) in [6, 6.07) is 7.01. The van der Waals surface area contributed by atoms with E-state index in [0.29, 0.717) is 13.1 Å². The highest BCUT2D eigenvalue weighted by Crippen LogP contribution is 2.17. The first-order valence-corrected chi connectivity index (χ1v) is 9.37. The van der Waals surface area contributed by atoms with Crippen LogP contribution in [0.1, 0.15) is 31.1 Å². The van der Waals surface area contributed by atoms with E-state index in [-0.39, 0.29) is 16.2 Å². The number of ketones is 1. The molecule has 0 aromatic heterocycles. The number of sulfonamides is 1. The van der Waals surface area contributed by atoms with E-state index in [1.165, 1.54) is 35.5 Å². The standard InChI is InChI=1S/C17H21N3O5S/c1-4-20(5-2)26(23,24)14-8-6-7-13(9-14)17(22)25-11-16(21)15(10-18)12(3)19/h6-9,15,19H,4-5,11H2,1-3H3/t15-/m1/s1. The van der Waals surface area contributed by atoms with Gasteiger partial charge in [0, 0.05) is 18.8 Å². The third-order valence-electron chi connectivity index (χ3n) is 3.64. The minimum absolute atomic E-state index is 0.0221. The molecule has 0 radical (unpaired) electrons. The van der Waals surface area contributed by atoms with Crippen molar-refractivity contribution in [1.29, 1.82) is 10.7 Å². The number of benzene rings is 1. The Hall–Kier alpha value is -2.57. The number of ether oxygens (including phenoxy) is 1. The van der Waals surface area contributed by atoms with Crippen molar-refractivity contribution in [2.75, 3.05) is 19.7 Å². The van der Waals surface area contributed by atoms with Gasteiger partial charge < -0.3 is 10.1 Å². The Morgan fingerprint density at radius 3 is 2.42 bits per heavy atom. The third-order valence-corrected chi connectivity index (χ3v) is 5.69. The summed E-state index contributed by atoms with van der Waals surface area (Å²) in [4.78, 5) is 23.9. The van der Waals surface area contributed by atoms with Gasteiger partial charge in [-0.1, -0.05) is 19.9 Å². The average Bonchev–Trinajstić information content (AvgIpc) is 2.60. The van der Waals surface area contributed by atoms with Crippen molar-refractivity contribution in [1.82, 2.24) is 4.31 Å². The smallest absolute Gasteiger partial charge is 0.338 e. The molecule has 26 heavy (non-hydrogen) atoms. The topological polar surface area (TPSA) is 128 Å². The summed E-state index contributed by atoms with van der Waals surface area (Å²) in [7, 11) is -3.73. The second-order valence-electron chi connectivity index (χ2n) is 5.40. The van der Waals surface area contributed by atoms with Crippen LogP contribution in [0.25, 0.3) is 0 Å². The summed E-state index contributed by atoms with van der Waals surface area (Å²) in [6.07, 6.45) is 0. The monoisotopic (exact) mass is 379 g/mol. The van der Waals surface area contributed by atoms with E-state index in [1.807, 2.05) is 0 Å². The molecule has 0 unspecified atom stereocenters. The van der Waals surface area contributed by atoms with Crippen molar-refractivity contribution in [3.8, 4) is 6.07 Å². The van der Waals surface area contributed by atoms with Crippen molar-refractivity contribution in [2.24, 2.45) is 5.92 Å². The van der Waals surface area contributed by atoms with Crippen LogP contribution in [0, 0.1) is 22.7 Å². The molecule has 0 spiro atoms. The highest BCUT2D eigenvalue weighted by molar-refractivity contribution is 7.89. The predicted octanol–water partition coefficient (Wildman–Crippen LogP) is 1.62. The summed E-state index contributed by atoms with van der Waals surface area (Å²) in [5.41, 5.74) is -0.160. The minimum atomic E-state index is -3.73. The molecule has 0 heterocycles. The van der Waals surface area contributed by atoms with Crippen molar-refractivity contribution >= 4 is 27.5 Å². The number of nitrogens with one attached hydrogen (secondary N) is 1. The lowest BCUT2D eigenvalue weighted by Crippen LogP contribution is -2.30. The molecule has 0 aliphatic carbocycles. The van der Waals surface area contributed by atoms with E-state index in [2.05, 4.69) is 0 Å². The van der Waals surface area contributed by atoms with Gasteiger partial charge in [-0.2, -0.15) is 9.57 Å². The number of Topliss-reactive ketones (excluding diaryl/α,β-unsaturated/α-hetero) is 1. The van der Waals surface area contributed by atoms with Crippen LogP contribution in [0.15, 0.2) is 29.2 Å². The lowest BCUT2D eigenvalue weighted by Gasteiger charge is -2.18. The predicted molar refractivity (Wildman–Crippen MR) is 94.3 cm³/mol. The molecule has 0 amide bonds. The van der Waals surface area contributed by atoms with Gasteiger partial charge in [0.15, 0.2) is 12.4 Å². The van der Waals surface area contributed by atoms with E-state index >= 15 is 0 Å². The lowest BCUT2D eigenvalue weighted by molar-refractivity contribution is -0.122. The summed E-state index contributed by atoms with van der Waals surface area (Å²) in [5, 5.41) is 16.2. The number of carbonyl (C=O) groups excluding carboxylic acids is 2. The number of rotatable bonds is 9. The van der Waals surface area contributed by atoms with Gasteiger partial charge in [0.2, 0.25) is 10.0 Å². The molecule has 0 aliphatic heterocycles. The Kier molecular flexibility index (Phi) is 7.61. The zero-order chi connectivity index (χ0) is 19.9. The zero-order valence-electron chi connectivity index (χ0n) is 14.9. The van der Waals surface area contributed by atoms with Gasteiger partial charge in [-0.25, -0.2) is 13.2 Å². The van der Waals surface area contributed by atoms with E-state index in [9.17, 15) is 18.0 Å². The number of nitriles is 1. The fraction of sp³-hybridized carbons (Fsp3) is 0.412. The van der Waals surface area contributed by atoms with Crippen molar-refractivity contribution in [2.45, 2.75) is 25.7 Å². The maximum Gasteiger partial charge on any atom is 0.338 e. The SMILES string of the molecule is CCN(CC)S(=O)(=O)c1cccc(C(=O)OCC(=O)[C@H](C#N)C(C)=N)c1. The fourth-order valence-corrected chi connectivity index (χ4v) is 3.71. The first kappa shape index (κ1) is 21.5. The summed E-state index contributed by atoms with van der Waals surface area (Å²) < 4.78 is 31.1. The van der Waals surface area contributed by atoms with E-state index in [1.54, 1.807) is 19.9 Å². The lowest BCUT2D eigenvalue weighted by atomic mass is 10.0. The van der Waals surface area contributed by atoms with Gasteiger partial charge >= 0.3 is 5.97 Å². The van der Waals surface area contributed by atoms with E-state index in [4.69, 9.17) is 15.4 Å². The molecule has 9 heteroatoms. The number of carbonyl (C=O) groups is 2. The first-order valence-electron chi connectivity index (χ1n) is 7.93. The normalized spacial score (nSPS) is 12.3. The van der Waals surface area contributed by atoms with Gasteiger partial charge in [0.1, 0.15) is 5.92 Å². The highest BCUT2D eigenvalue weighted by atomic mass is 32.2. The van der Waals surface area contributed by atoms with Gasteiger partial charge in [-0.3, -0.25) is 4.79 Å². The number of hydrogen-bond acceptors (Lipinski definition) is 7. The highest BCUT2D eigenvalue weighted by Gasteiger charge is 2.24. The van der Waals surface area contributed by atoms with E-state index in [0.717, 1.165) is 0 Å². The Bertz CT molecular complexity index is 838. The summed E-state index contributed by atoms with van der Waals surface area (Å²) in [5.74, 6) is -2.85. The molecule has 0 fully saturated rings. The van der Waals surface area contributed by atoms with Crippen molar-refractivity contribution in [3.05, 3.63) is 29.8 Å². The summed E-state index contributed by atoms with van der Waals surface area (Å²) >= 11 is 0. The molecule has 1 aromatic rings. The minimum Gasteiger partial charge on any atom is -0.454 e. The van der Waals surface area contributed by atoms with Crippen LogP contribution in [0.3, 0.4) is 0 Å². The second kappa shape index (κ2) is 9.22. The average molecular weight is 379 g/mol. The van der Waals surface area contributed by atoms with Gasteiger partial charge in [0.05, 0.1) is 16.5 Å². The molecule has 8 nitrogen and oxygen atoms in total.